The largest absolute Gasteiger partial charge is 0.508 e. The van der Waals surface area contributed by atoms with Crippen LogP contribution in [0.2, 0.25) is 0 Å². The Balaban J connectivity index is 1.41. The van der Waals surface area contributed by atoms with E-state index in [1.165, 1.54) is 0 Å². The number of rotatable bonds is 4. The van der Waals surface area contributed by atoms with Gasteiger partial charge in [-0.25, -0.2) is 4.98 Å². The van der Waals surface area contributed by atoms with E-state index in [4.69, 9.17) is 9.15 Å². The zero-order valence-electron chi connectivity index (χ0n) is 15.3. The quantitative estimate of drug-likeness (QED) is 0.567. The minimum Gasteiger partial charge on any atom is -0.508 e. The number of ether oxygens (including phenoxy) is 1. The summed E-state index contributed by atoms with van der Waals surface area (Å²) in [5.74, 6) is 1.88. The van der Waals surface area contributed by atoms with Crippen molar-refractivity contribution in [3.63, 3.8) is 0 Å². The summed E-state index contributed by atoms with van der Waals surface area (Å²) in [5, 5.41) is 17.8. The lowest BCUT2D eigenvalue weighted by Gasteiger charge is -2.25. The van der Waals surface area contributed by atoms with Crippen molar-refractivity contribution in [1.82, 2.24) is 20.1 Å². The molecule has 1 saturated heterocycles. The Hall–Kier alpha value is -3.16. The van der Waals surface area contributed by atoms with E-state index in [9.17, 15) is 5.11 Å². The number of benzene rings is 1. The van der Waals surface area contributed by atoms with Crippen molar-refractivity contribution < 1.29 is 14.3 Å². The van der Waals surface area contributed by atoms with E-state index in [-0.39, 0.29) is 5.75 Å². The van der Waals surface area contributed by atoms with Gasteiger partial charge in [-0.15, -0.1) is 0 Å². The molecule has 1 aliphatic heterocycles. The number of hydrogen-bond acceptors (Lipinski definition) is 6. The topological polar surface area (TPSA) is 87.4 Å². The maximum atomic E-state index is 9.45. The molecule has 0 aliphatic carbocycles. The van der Waals surface area contributed by atoms with Crippen LogP contribution in [0.15, 0.2) is 52.9 Å². The van der Waals surface area contributed by atoms with Crippen molar-refractivity contribution in [3.8, 4) is 28.5 Å². The number of pyridine rings is 1. The fourth-order valence-corrected chi connectivity index (χ4v) is 3.46. The first-order valence-electron chi connectivity index (χ1n) is 9.30. The number of nitrogens with one attached hydrogen (secondary N) is 1. The fourth-order valence-electron chi connectivity index (χ4n) is 3.46. The lowest BCUT2D eigenvalue weighted by atomic mass is 10.1. The molecule has 0 amide bonds. The van der Waals surface area contributed by atoms with Crippen LogP contribution in [0.4, 0.5) is 0 Å². The van der Waals surface area contributed by atoms with Crippen LogP contribution in [-0.2, 0) is 11.3 Å². The summed E-state index contributed by atoms with van der Waals surface area (Å²) >= 11 is 0. The zero-order chi connectivity index (χ0) is 18.9. The summed E-state index contributed by atoms with van der Waals surface area (Å²) in [7, 11) is 0. The SMILES string of the molecule is Oc1ccc(-c2ccc3c(-c4ccc(CN5CCOCC5)o4)n[nH]c3n2)cc1. The highest BCUT2D eigenvalue weighted by molar-refractivity contribution is 5.90. The summed E-state index contributed by atoms with van der Waals surface area (Å²) in [4.78, 5) is 6.98. The maximum Gasteiger partial charge on any atom is 0.156 e. The Morgan fingerprint density at radius 1 is 1.00 bits per heavy atom. The Bertz CT molecular complexity index is 1090. The van der Waals surface area contributed by atoms with Gasteiger partial charge in [-0.1, -0.05) is 0 Å². The van der Waals surface area contributed by atoms with Crippen LogP contribution in [-0.4, -0.2) is 51.5 Å². The molecule has 3 aromatic heterocycles. The van der Waals surface area contributed by atoms with Gasteiger partial charge in [0.05, 0.1) is 30.8 Å². The third kappa shape index (κ3) is 3.26. The van der Waals surface area contributed by atoms with Crippen molar-refractivity contribution in [2.45, 2.75) is 6.54 Å². The van der Waals surface area contributed by atoms with Crippen molar-refractivity contribution in [3.05, 3.63) is 54.3 Å². The van der Waals surface area contributed by atoms with Crippen LogP contribution in [0.5, 0.6) is 5.75 Å². The predicted octanol–water partition coefficient (Wildman–Crippen LogP) is 3.42. The number of furan rings is 1. The molecule has 28 heavy (non-hydrogen) atoms. The molecule has 7 nitrogen and oxygen atoms in total. The highest BCUT2D eigenvalue weighted by Gasteiger charge is 2.16. The number of aromatic nitrogens is 3. The molecule has 4 aromatic rings. The molecule has 2 N–H and O–H groups in total. The third-order valence-electron chi connectivity index (χ3n) is 4.97. The van der Waals surface area contributed by atoms with Crippen LogP contribution in [0, 0.1) is 0 Å². The number of fused-ring (bicyclic) bond motifs is 1. The molecule has 5 rings (SSSR count). The second-order valence-corrected chi connectivity index (χ2v) is 6.87. The standard InChI is InChI=1S/C21H20N4O3/c26-15-3-1-14(2-4-15)18-7-6-17-20(23-24-21(17)22-18)19-8-5-16(28-19)13-25-9-11-27-12-10-25/h1-8,26H,9-13H2,(H,22,23,24). The van der Waals surface area contributed by atoms with Gasteiger partial charge in [0.1, 0.15) is 17.2 Å². The van der Waals surface area contributed by atoms with Crippen LogP contribution in [0.25, 0.3) is 33.7 Å². The minimum atomic E-state index is 0.236. The van der Waals surface area contributed by atoms with E-state index >= 15 is 0 Å². The number of nitrogens with zero attached hydrogens (tertiary/aromatic N) is 3. The van der Waals surface area contributed by atoms with Crippen LogP contribution in [0.1, 0.15) is 5.76 Å². The molecule has 1 aromatic carbocycles. The van der Waals surface area contributed by atoms with Crippen molar-refractivity contribution in [2.75, 3.05) is 26.3 Å². The number of morpholine rings is 1. The van der Waals surface area contributed by atoms with Gasteiger partial charge in [-0.2, -0.15) is 5.10 Å². The molecule has 0 bridgehead atoms. The van der Waals surface area contributed by atoms with Gasteiger partial charge in [0.2, 0.25) is 0 Å². The Kier molecular flexibility index (Phi) is 4.31. The lowest BCUT2D eigenvalue weighted by Crippen LogP contribution is -2.35. The first-order chi connectivity index (χ1) is 13.8. The molecule has 0 unspecified atom stereocenters. The molecule has 1 fully saturated rings. The van der Waals surface area contributed by atoms with Gasteiger partial charge in [-0.3, -0.25) is 10.00 Å². The highest BCUT2D eigenvalue weighted by atomic mass is 16.5. The van der Waals surface area contributed by atoms with Gasteiger partial charge >= 0.3 is 0 Å². The summed E-state index contributed by atoms with van der Waals surface area (Å²) in [6, 6.07) is 14.9. The van der Waals surface area contributed by atoms with Gasteiger partial charge in [0.25, 0.3) is 0 Å². The van der Waals surface area contributed by atoms with Crippen molar-refractivity contribution in [1.29, 1.82) is 0 Å². The Morgan fingerprint density at radius 2 is 1.82 bits per heavy atom. The zero-order valence-corrected chi connectivity index (χ0v) is 15.3. The van der Waals surface area contributed by atoms with Crippen molar-refractivity contribution >= 4 is 11.0 Å². The molecule has 142 valence electrons. The molecule has 4 heterocycles. The Morgan fingerprint density at radius 3 is 2.64 bits per heavy atom. The number of phenolic OH excluding ortho intramolecular Hbond substituents is 1. The second-order valence-electron chi connectivity index (χ2n) is 6.87. The van der Waals surface area contributed by atoms with Crippen molar-refractivity contribution in [2.24, 2.45) is 0 Å². The molecule has 0 spiro atoms. The van der Waals surface area contributed by atoms with Gasteiger partial charge in [0, 0.05) is 18.7 Å². The maximum absolute atomic E-state index is 9.45. The predicted molar refractivity (Wildman–Crippen MR) is 105 cm³/mol. The highest BCUT2D eigenvalue weighted by Crippen LogP contribution is 2.29. The molecular weight excluding hydrogens is 356 g/mol. The van der Waals surface area contributed by atoms with E-state index in [1.807, 2.05) is 36.4 Å². The average molecular weight is 376 g/mol. The van der Waals surface area contributed by atoms with E-state index in [1.54, 1.807) is 12.1 Å². The average Bonchev–Trinajstić information content (AvgIpc) is 3.35. The van der Waals surface area contributed by atoms with Crippen LogP contribution in [0.3, 0.4) is 0 Å². The van der Waals surface area contributed by atoms with E-state index < -0.39 is 0 Å². The summed E-state index contributed by atoms with van der Waals surface area (Å²) in [6.45, 7) is 4.16. The molecule has 0 saturated carbocycles. The molecular formula is C21H20N4O3. The first kappa shape index (κ1) is 17.0. The Labute approximate surface area is 161 Å². The normalized spacial score (nSPS) is 15.3. The lowest BCUT2D eigenvalue weighted by molar-refractivity contribution is 0.0314. The molecule has 0 atom stereocenters. The van der Waals surface area contributed by atoms with Gasteiger partial charge < -0.3 is 14.3 Å². The van der Waals surface area contributed by atoms with E-state index in [0.29, 0.717) is 5.65 Å². The monoisotopic (exact) mass is 376 g/mol. The van der Waals surface area contributed by atoms with E-state index in [0.717, 1.165) is 66.7 Å². The number of phenols is 1. The third-order valence-corrected chi connectivity index (χ3v) is 4.97. The number of aromatic hydroxyl groups is 1. The smallest absolute Gasteiger partial charge is 0.156 e. The van der Waals surface area contributed by atoms with Gasteiger partial charge in [-0.05, 0) is 48.5 Å². The summed E-state index contributed by atoms with van der Waals surface area (Å²) in [6.07, 6.45) is 0. The first-order valence-corrected chi connectivity index (χ1v) is 9.30. The van der Waals surface area contributed by atoms with Crippen LogP contribution < -0.4 is 0 Å². The summed E-state index contributed by atoms with van der Waals surface area (Å²) < 4.78 is 11.4. The number of H-pyrrole nitrogens is 1. The molecule has 1 aliphatic rings. The fraction of sp³-hybridized carbons (Fsp3) is 0.238. The molecule has 0 radical (unpaired) electrons. The number of aromatic amines is 1. The molecule has 7 heteroatoms. The number of hydrogen-bond donors (Lipinski definition) is 2. The summed E-state index contributed by atoms with van der Waals surface area (Å²) in [5.41, 5.74) is 3.21. The second kappa shape index (κ2) is 7.10. The van der Waals surface area contributed by atoms with E-state index in [2.05, 4.69) is 20.1 Å². The minimum absolute atomic E-state index is 0.236. The van der Waals surface area contributed by atoms with Crippen LogP contribution >= 0.6 is 0 Å². The van der Waals surface area contributed by atoms with Gasteiger partial charge in [0.15, 0.2) is 11.4 Å².